The summed E-state index contributed by atoms with van der Waals surface area (Å²) in [7, 11) is 1.68. The third-order valence-electron chi connectivity index (χ3n) is 3.13. The van der Waals surface area contributed by atoms with Crippen molar-refractivity contribution in [1.29, 1.82) is 0 Å². The number of hydroxylamine groups is 1. The monoisotopic (exact) mass is 235 g/mol. The van der Waals surface area contributed by atoms with Crippen LogP contribution >= 0.6 is 0 Å². The minimum absolute atomic E-state index is 0.326. The van der Waals surface area contributed by atoms with Gasteiger partial charge in [0.05, 0.1) is 19.3 Å². The number of ether oxygens (including phenoxy) is 1. The Labute approximate surface area is 103 Å². The molecule has 0 radical (unpaired) electrons. The second kappa shape index (κ2) is 6.15. The van der Waals surface area contributed by atoms with Crippen LogP contribution < -0.4 is 5.48 Å². The first-order valence-electron chi connectivity index (χ1n) is 6.24. The molecule has 0 spiro atoms. The van der Waals surface area contributed by atoms with E-state index in [1.54, 1.807) is 7.11 Å². The number of rotatable bonds is 7. The molecule has 94 valence electrons. The largest absolute Gasteiger partial charge is 0.382 e. The van der Waals surface area contributed by atoms with Gasteiger partial charge < -0.3 is 4.74 Å². The van der Waals surface area contributed by atoms with Crippen LogP contribution in [-0.4, -0.2) is 20.3 Å². The maximum atomic E-state index is 5.45. The molecule has 0 saturated heterocycles. The van der Waals surface area contributed by atoms with Crippen LogP contribution in [0.25, 0.3) is 0 Å². The van der Waals surface area contributed by atoms with Crippen LogP contribution in [-0.2, 0) is 9.57 Å². The van der Waals surface area contributed by atoms with Gasteiger partial charge in [-0.3, -0.25) is 4.84 Å². The van der Waals surface area contributed by atoms with Crippen LogP contribution in [0.3, 0.4) is 0 Å². The molecule has 3 heteroatoms. The van der Waals surface area contributed by atoms with E-state index in [2.05, 4.69) is 36.7 Å². The Bertz CT molecular complexity index is 333. The van der Waals surface area contributed by atoms with Crippen molar-refractivity contribution in [2.45, 2.75) is 25.8 Å². The van der Waals surface area contributed by atoms with E-state index in [9.17, 15) is 0 Å². The zero-order valence-electron chi connectivity index (χ0n) is 10.6. The third kappa shape index (κ3) is 3.80. The van der Waals surface area contributed by atoms with Gasteiger partial charge in [-0.25, -0.2) is 0 Å². The van der Waals surface area contributed by atoms with E-state index < -0.39 is 0 Å². The fraction of sp³-hybridized carbons (Fsp3) is 0.571. The molecule has 1 atom stereocenters. The summed E-state index contributed by atoms with van der Waals surface area (Å²) < 4.78 is 4.96. The summed E-state index contributed by atoms with van der Waals surface area (Å²) in [5.41, 5.74) is 5.78. The SMILES string of the molecule is COCCONC(c1ccc(C)cc1)C1CC1. The predicted octanol–water partition coefficient (Wildman–Crippen LogP) is 2.61. The summed E-state index contributed by atoms with van der Waals surface area (Å²) in [5, 5.41) is 0. The molecule has 1 fully saturated rings. The Morgan fingerprint density at radius 1 is 1.24 bits per heavy atom. The van der Waals surface area contributed by atoms with E-state index in [-0.39, 0.29) is 0 Å². The van der Waals surface area contributed by atoms with Crippen LogP contribution in [0.4, 0.5) is 0 Å². The second-order valence-corrected chi connectivity index (χ2v) is 4.68. The van der Waals surface area contributed by atoms with Crippen molar-refractivity contribution < 1.29 is 9.57 Å². The molecule has 1 aromatic rings. The Morgan fingerprint density at radius 3 is 2.53 bits per heavy atom. The summed E-state index contributed by atoms with van der Waals surface area (Å²) in [6, 6.07) is 9.01. The normalized spacial score (nSPS) is 17.1. The van der Waals surface area contributed by atoms with Gasteiger partial charge in [-0.15, -0.1) is 0 Å². The van der Waals surface area contributed by atoms with Crippen molar-refractivity contribution in [3.8, 4) is 0 Å². The first-order chi connectivity index (χ1) is 8.31. The van der Waals surface area contributed by atoms with E-state index in [4.69, 9.17) is 9.57 Å². The summed E-state index contributed by atoms with van der Waals surface area (Å²) in [6.45, 7) is 3.32. The second-order valence-electron chi connectivity index (χ2n) is 4.68. The van der Waals surface area contributed by atoms with E-state index in [0.29, 0.717) is 19.3 Å². The molecule has 0 aliphatic heterocycles. The molecule has 1 aliphatic carbocycles. The van der Waals surface area contributed by atoms with E-state index >= 15 is 0 Å². The van der Waals surface area contributed by atoms with Crippen molar-refractivity contribution in [3.05, 3.63) is 35.4 Å². The fourth-order valence-corrected chi connectivity index (χ4v) is 1.91. The zero-order chi connectivity index (χ0) is 12.1. The third-order valence-corrected chi connectivity index (χ3v) is 3.13. The molecule has 1 N–H and O–H groups in total. The highest BCUT2D eigenvalue weighted by Crippen LogP contribution is 2.40. The molecular formula is C14H21NO2. The molecule has 0 aromatic heterocycles. The van der Waals surface area contributed by atoms with Crippen molar-refractivity contribution in [1.82, 2.24) is 5.48 Å². The van der Waals surface area contributed by atoms with Gasteiger partial charge in [-0.2, -0.15) is 5.48 Å². The Kier molecular flexibility index (Phi) is 4.54. The molecule has 1 unspecified atom stereocenters. The minimum atomic E-state index is 0.326. The molecule has 1 aromatic carbocycles. The molecule has 2 rings (SSSR count). The molecule has 1 aliphatic rings. The lowest BCUT2D eigenvalue weighted by atomic mass is 10.0. The van der Waals surface area contributed by atoms with Gasteiger partial charge in [0.2, 0.25) is 0 Å². The van der Waals surface area contributed by atoms with Crippen LogP contribution in [0.2, 0.25) is 0 Å². The van der Waals surface area contributed by atoms with Gasteiger partial charge in [0.15, 0.2) is 0 Å². The number of benzene rings is 1. The summed E-state index contributed by atoms with van der Waals surface area (Å²) in [5.74, 6) is 0.722. The lowest BCUT2D eigenvalue weighted by molar-refractivity contribution is -0.0165. The number of hydrogen-bond donors (Lipinski definition) is 1. The van der Waals surface area contributed by atoms with Gasteiger partial charge in [0.25, 0.3) is 0 Å². The topological polar surface area (TPSA) is 30.5 Å². The van der Waals surface area contributed by atoms with Crippen LogP contribution in [0.5, 0.6) is 0 Å². The molecular weight excluding hydrogens is 214 g/mol. The first-order valence-corrected chi connectivity index (χ1v) is 6.24. The number of nitrogens with one attached hydrogen (secondary N) is 1. The average molecular weight is 235 g/mol. The zero-order valence-corrected chi connectivity index (χ0v) is 10.6. The Hall–Kier alpha value is -0.900. The van der Waals surface area contributed by atoms with Crippen LogP contribution in [0, 0.1) is 12.8 Å². The van der Waals surface area contributed by atoms with E-state index in [0.717, 1.165) is 5.92 Å². The maximum absolute atomic E-state index is 5.45. The van der Waals surface area contributed by atoms with Gasteiger partial charge in [0.1, 0.15) is 0 Å². The standard InChI is InChI=1S/C14H21NO2/c1-11-3-5-12(6-4-11)14(13-7-8-13)15-17-10-9-16-2/h3-6,13-15H,7-10H2,1-2H3. The Morgan fingerprint density at radius 2 is 1.94 bits per heavy atom. The smallest absolute Gasteiger partial charge is 0.0916 e. The van der Waals surface area contributed by atoms with Crippen molar-refractivity contribution in [2.24, 2.45) is 5.92 Å². The highest BCUT2D eigenvalue weighted by atomic mass is 16.7. The molecule has 17 heavy (non-hydrogen) atoms. The predicted molar refractivity (Wildman–Crippen MR) is 67.6 cm³/mol. The number of aryl methyl sites for hydroxylation is 1. The number of methoxy groups -OCH3 is 1. The fourth-order valence-electron chi connectivity index (χ4n) is 1.91. The summed E-state index contributed by atoms with van der Waals surface area (Å²) >= 11 is 0. The van der Waals surface area contributed by atoms with Crippen molar-refractivity contribution in [3.63, 3.8) is 0 Å². The van der Waals surface area contributed by atoms with Gasteiger partial charge >= 0.3 is 0 Å². The highest BCUT2D eigenvalue weighted by Gasteiger charge is 2.32. The molecule has 1 saturated carbocycles. The van der Waals surface area contributed by atoms with E-state index in [1.807, 2.05) is 0 Å². The first kappa shape index (κ1) is 12.6. The molecule has 3 nitrogen and oxygen atoms in total. The van der Waals surface area contributed by atoms with Crippen LogP contribution in [0.15, 0.2) is 24.3 Å². The molecule has 0 heterocycles. The molecule has 0 amide bonds. The summed E-state index contributed by atoms with van der Waals surface area (Å²) in [6.07, 6.45) is 2.58. The van der Waals surface area contributed by atoms with Gasteiger partial charge in [-0.1, -0.05) is 29.8 Å². The summed E-state index contributed by atoms with van der Waals surface area (Å²) in [4.78, 5) is 5.45. The van der Waals surface area contributed by atoms with Gasteiger partial charge in [0, 0.05) is 7.11 Å². The van der Waals surface area contributed by atoms with Crippen LogP contribution in [0.1, 0.15) is 30.0 Å². The van der Waals surface area contributed by atoms with E-state index in [1.165, 1.54) is 24.0 Å². The maximum Gasteiger partial charge on any atom is 0.0916 e. The lowest BCUT2D eigenvalue weighted by Crippen LogP contribution is -2.25. The highest BCUT2D eigenvalue weighted by molar-refractivity contribution is 5.25. The van der Waals surface area contributed by atoms with Crippen molar-refractivity contribution in [2.75, 3.05) is 20.3 Å². The minimum Gasteiger partial charge on any atom is -0.382 e. The average Bonchev–Trinajstić information content (AvgIpc) is 3.15. The quantitative estimate of drug-likeness (QED) is 0.582. The lowest BCUT2D eigenvalue weighted by Gasteiger charge is -2.18. The van der Waals surface area contributed by atoms with Crippen molar-refractivity contribution >= 4 is 0 Å². The Balaban J connectivity index is 1.90. The molecule has 0 bridgehead atoms. The number of hydrogen-bond acceptors (Lipinski definition) is 3. The van der Waals surface area contributed by atoms with Gasteiger partial charge in [-0.05, 0) is 31.2 Å².